The number of anilines is 1. The zero-order valence-corrected chi connectivity index (χ0v) is 11.3. The van der Waals surface area contributed by atoms with E-state index in [9.17, 15) is 18.4 Å². The molecule has 114 valence electrons. The van der Waals surface area contributed by atoms with Crippen molar-refractivity contribution < 1.29 is 23.5 Å². The van der Waals surface area contributed by atoms with Gasteiger partial charge in [0.25, 0.3) is 0 Å². The van der Waals surface area contributed by atoms with Crippen LogP contribution in [0.15, 0.2) is 12.1 Å². The zero-order valence-electron chi connectivity index (χ0n) is 11.3. The van der Waals surface area contributed by atoms with Gasteiger partial charge < -0.3 is 15.7 Å². The second kappa shape index (κ2) is 6.62. The zero-order chi connectivity index (χ0) is 15.4. The van der Waals surface area contributed by atoms with Crippen LogP contribution in [-0.2, 0) is 4.79 Å². The number of carboxylic acids is 1. The monoisotopic (exact) mass is 298 g/mol. The second-order valence-corrected chi connectivity index (χ2v) is 4.96. The first-order chi connectivity index (χ1) is 9.99. The molecule has 5 nitrogen and oxygen atoms in total. The Balaban J connectivity index is 2.16. The highest BCUT2D eigenvalue weighted by Crippen LogP contribution is 2.20. The summed E-state index contributed by atoms with van der Waals surface area (Å²) in [5, 5.41) is 14.2. The summed E-state index contributed by atoms with van der Waals surface area (Å²) in [7, 11) is 0. The van der Waals surface area contributed by atoms with E-state index in [0.717, 1.165) is 25.3 Å². The first-order valence-electron chi connectivity index (χ1n) is 6.75. The molecule has 0 radical (unpaired) electrons. The number of hydrogen-bond acceptors (Lipinski definition) is 3. The molecule has 1 aliphatic rings. The van der Waals surface area contributed by atoms with E-state index in [1.165, 1.54) is 0 Å². The first kappa shape index (κ1) is 15.4. The summed E-state index contributed by atoms with van der Waals surface area (Å²) in [5.74, 6) is -4.14. The average Bonchev–Trinajstić information content (AvgIpc) is 2.70. The molecule has 1 heterocycles. The van der Waals surface area contributed by atoms with Crippen molar-refractivity contribution >= 4 is 17.6 Å². The normalized spacial score (nSPS) is 18.9. The van der Waals surface area contributed by atoms with Gasteiger partial charge in [0.2, 0.25) is 5.91 Å². The summed E-state index contributed by atoms with van der Waals surface area (Å²) in [6, 6.07) is 0.798. The highest BCUT2D eigenvalue weighted by molar-refractivity contribution is 5.96. The molecular formula is C14H16F2N2O3. The Kier molecular flexibility index (Phi) is 4.85. The van der Waals surface area contributed by atoms with Crippen LogP contribution >= 0.6 is 0 Å². The molecule has 0 aliphatic carbocycles. The maximum Gasteiger partial charge on any atom is 0.338 e. The number of benzene rings is 1. The summed E-state index contributed by atoms with van der Waals surface area (Å²) in [6.07, 6.45) is 3.50. The fourth-order valence-electron chi connectivity index (χ4n) is 2.28. The molecule has 1 aromatic rings. The minimum atomic E-state index is -1.52. The summed E-state index contributed by atoms with van der Waals surface area (Å²) >= 11 is 0. The molecule has 2 rings (SSSR count). The van der Waals surface area contributed by atoms with Crippen LogP contribution in [-0.4, -0.2) is 29.6 Å². The van der Waals surface area contributed by atoms with E-state index in [1.807, 2.05) is 0 Å². The maximum atomic E-state index is 13.6. The van der Waals surface area contributed by atoms with Gasteiger partial charge in [-0.15, -0.1) is 0 Å². The number of carboxylic acid groups (broad SMARTS) is 1. The van der Waals surface area contributed by atoms with Gasteiger partial charge in [-0.1, -0.05) is 12.8 Å². The van der Waals surface area contributed by atoms with Gasteiger partial charge in [-0.2, -0.15) is 0 Å². The number of amides is 1. The van der Waals surface area contributed by atoms with Gasteiger partial charge in [0.1, 0.15) is 11.6 Å². The lowest BCUT2D eigenvalue weighted by atomic mass is 10.1. The molecule has 1 unspecified atom stereocenters. The predicted octanol–water partition coefficient (Wildman–Crippen LogP) is 2.13. The fourth-order valence-corrected chi connectivity index (χ4v) is 2.28. The lowest BCUT2D eigenvalue weighted by molar-refractivity contribution is -0.118. The maximum absolute atomic E-state index is 13.6. The van der Waals surface area contributed by atoms with E-state index in [0.29, 0.717) is 19.0 Å². The SMILES string of the molecule is O=C(O)c1cc(NC(=O)C2CCCCCN2)c(F)cc1F. The smallest absolute Gasteiger partial charge is 0.338 e. The number of nitrogens with one attached hydrogen (secondary N) is 2. The molecule has 1 aliphatic heterocycles. The van der Waals surface area contributed by atoms with Gasteiger partial charge in [-0.3, -0.25) is 4.79 Å². The fraction of sp³-hybridized carbons (Fsp3) is 0.429. The minimum Gasteiger partial charge on any atom is -0.478 e. The third-order valence-corrected chi connectivity index (χ3v) is 3.42. The molecule has 1 atom stereocenters. The van der Waals surface area contributed by atoms with Crippen LogP contribution in [0, 0.1) is 11.6 Å². The number of halogens is 2. The van der Waals surface area contributed by atoms with E-state index in [2.05, 4.69) is 10.6 Å². The Bertz CT molecular complexity index is 555. The van der Waals surface area contributed by atoms with E-state index >= 15 is 0 Å². The van der Waals surface area contributed by atoms with Crippen molar-refractivity contribution in [3.05, 3.63) is 29.3 Å². The van der Waals surface area contributed by atoms with Crippen molar-refractivity contribution in [2.75, 3.05) is 11.9 Å². The van der Waals surface area contributed by atoms with Crippen molar-refractivity contribution in [1.82, 2.24) is 5.32 Å². The predicted molar refractivity (Wildman–Crippen MR) is 72.2 cm³/mol. The van der Waals surface area contributed by atoms with E-state index in [-0.39, 0.29) is 5.69 Å². The molecule has 0 spiro atoms. The average molecular weight is 298 g/mol. The first-order valence-corrected chi connectivity index (χ1v) is 6.75. The Hall–Kier alpha value is -2.02. The Morgan fingerprint density at radius 3 is 2.67 bits per heavy atom. The van der Waals surface area contributed by atoms with E-state index in [1.54, 1.807) is 0 Å². The number of rotatable bonds is 3. The van der Waals surface area contributed by atoms with Crippen LogP contribution in [0.3, 0.4) is 0 Å². The van der Waals surface area contributed by atoms with E-state index < -0.39 is 35.1 Å². The van der Waals surface area contributed by atoms with Gasteiger partial charge in [0.15, 0.2) is 0 Å². The second-order valence-electron chi connectivity index (χ2n) is 4.96. The lowest BCUT2D eigenvalue weighted by Crippen LogP contribution is -2.40. The minimum absolute atomic E-state index is 0.329. The van der Waals surface area contributed by atoms with Gasteiger partial charge in [0.05, 0.1) is 17.3 Å². The number of aromatic carboxylic acids is 1. The van der Waals surface area contributed by atoms with Gasteiger partial charge >= 0.3 is 5.97 Å². The number of carbonyl (C=O) groups excluding carboxylic acids is 1. The summed E-state index contributed by atoms with van der Waals surface area (Å²) in [6.45, 7) is 0.699. The van der Waals surface area contributed by atoms with E-state index in [4.69, 9.17) is 5.11 Å². The molecule has 3 N–H and O–H groups in total. The van der Waals surface area contributed by atoms with Crippen LogP contribution in [0.1, 0.15) is 36.0 Å². The molecule has 0 aromatic heterocycles. The largest absolute Gasteiger partial charge is 0.478 e. The van der Waals surface area contributed by atoms with Crippen LogP contribution in [0.2, 0.25) is 0 Å². The highest BCUT2D eigenvalue weighted by Gasteiger charge is 2.22. The number of hydrogen-bond donors (Lipinski definition) is 3. The standard InChI is InChI=1S/C14H16F2N2O3/c15-9-7-10(16)12(6-8(9)14(20)21)18-13(19)11-4-2-1-3-5-17-11/h6-7,11,17H,1-5H2,(H,18,19)(H,20,21). The third kappa shape index (κ3) is 3.75. The summed E-state index contributed by atoms with van der Waals surface area (Å²) in [4.78, 5) is 22.9. The molecule has 1 fully saturated rings. The Morgan fingerprint density at radius 2 is 1.95 bits per heavy atom. The van der Waals surface area contributed by atoms with Gasteiger partial charge in [-0.25, -0.2) is 13.6 Å². The van der Waals surface area contributed by atoms with Crippen molar-refractivity contribution in [3.63, 3.8) is 0 Å². The summed E-state index contributed by atoms with van der Waals surface area (Å²) in [5.41, 5.74) is -1.01. The quantitative estimate of drug-likeness (QED) is 0.799. The molecular weight excluding hydrogens is 282 g/mol. The van der Waals surface area contributed by atoms with Crippen LogP contribution in [0.4, 0.5) is 14.5 Å². The van der Waals surface area contributed by atoms with Crippen molar-refractivity contribution in [1.29, 1.82) is 0 Å². The number of carbonyl (C=O) groups is 2. The topological polar surface area (TPSA) is 78.4 Å². The molecule has 0 saturated carbocycles. The summed E-state index contributed by atoms with van der Waals surface area (Å²) < 4.78 is 26.9. The van der Waals surface area contributed by atoms with Crippen LogP contribution < -0.4 is 10.6 Å². The molecule has 1 aromatic carbocycles. The molecule has 7 heteroatoms. The third-order valence-electron chi connectivity index (χ3n) is 3.42. The Morgan fingerprint density at radius 1 is 1.19 bits per heavy atom. The van der Waals surface area contributed by atoms with Gasteiger partial charge in [-0.05, 0) is 25.5 Å². The lowest BCUT2D eigenvalue weighted by Gasteiger charge is -2.16. The molecule has 0 bridgehead atoms. The molecule has 1 amide bonds. The van der Waals surface area contributed by atoms with Gasteiger partial charge in [0, 0.05) is 6.07 Å². The van der Waals surface area contributed by atoms with Crippen molar-refractivity contribution in [2.45, 2.75) is 31.7 Å². The Labute approximate surface area is 120 Å². The van der Waals surface area contributed by atoms with Crippen molar-refractivity contribution in [2.24, 2.45) is 0 Å². The van der Waals surface area contributed by atoms with Crippen LogP contribution in [0.5, 0.6) is 0 Å². The molecule has 21 heavy (non-hydrogen) atoms. The van der Waals surface area contributed by atoms with Crippen LogP contribution in [0.25, 0.3) is 0 Å². The van der Waals surface area contributed by atoms with Crippen molar-refractivity contribution in [3.8, 4) is 0 Å². The highest BCUT2D eigenvalue weighted by atomic mass is 19.1. The molecule has 1 saturated heterocycles.